The lowest BCUT2D eigenvalue weighted by molar-refractivity contribution is 0.472. The van der Waals surface area contributed by atoms with Gasteiger partial charge in [-0.15, -0.1) is 0 Å². The fourth-order valence-electron chi connectivity index (χ4n) is 2.11. The second kappa shape index (κ2) is 6.58. The monoisotopic (exact) mass is 363 g/mol. The Morgan fingerprint density at radius 1 is 1.14 bits per heavy atom. The average molecular weight is 364 g/mol. The van der Waals surface area contributed by atoms with Crippen LogP contribution in [-0.2, 0) is 0 Å². The van der Waals surface area contributed by atoms with E-state index in [-0.39, 0.29) is 0 Å². The number of halogens is 1. The van der Waals surface area contributed by atoms with Gasteiger partial charge in [-0.2, -0.15) is 0 Å². The molecule has 0 aliphatic heterocycles. The summed E-state index contributed by atoms with van der Waals surface area (Å²) in [6, 6.07) is 11.9. The highest BCUT2D eigenvalue weighted by Gasteiger charge is 2.13. The van der Waals surface area contributed by atoms with Gasteiger partial charge in [0, 0.05) is 4.47 Å². The highest BCUT2D eigenvalue weighted by molar-refractivity contribution is 9.10. The minimum absolute atomic E-state index is 0.344. The van der Waals surface area contributed by atoms with Crippen LogP contribution in [0.25, 0.3) is 0 Å². The van der Waals surface area contributed by atoms with Crippen molar-refractivity contribution >= 4 is 33.1 Å². The summed E-state index contributed by atoms with van der Waals surface area (Å²) < 4.78 is 7.12. The van der Waals surface area contributed by atoms with Gasteiger partial charge in [0.25, 0.3) is 0 Å². The molecule has 0 heterocycles. The van der Waals surface area contributed by atoms with Crippen molar-refractivity contribution in [3.8, 4) is 11.5 Å². The minimum Gasteiger partial charge on any atom is -0.456 e. The van der Waals surface area contributed by atoms with E-state index in [0.29, 0.717) is 16.7 Å². The third kappa shape index (κ3) is 3.83. The Morgan fingerprint density at radius 2 is 1.81 bits per heavy atom. The molecule has 2 nitrogen and oxygen atoms in total. The molecular formula is C17H18BrNOS. The van der Waals surface area contributed by atoms with Crippen molar-refractivity contribution in [2.24, 2.45) is 5.73 Å². The molecule has 0 radical (unpaired) electrons. The maximum Gasteiger partial charge on any atom is 0.137 e. The molecule has 0 aliphatic rings. The van der Waals surface area contributed by atoms with E-state index >= 15 is 0 Å². The van der Waals surface area contributed by atoms with Gasteiger partial charge < -0.3 is 10.5 Å². The minimum atomic E-state index is 0.344. The molecule has 0 bridgehead atoms. The van der Waals surface area contributed by atoms with Gasteiger partial charge >= 0.3 is 0 Å². The van der Waals surface area contributed by atoms with Crippen molar-refractivity contribution in [2.45, 2.75) is 26.7 Å². The SMILES string of the molecule is Cc1ccc(Oc2ccc(Br)cc2C(C)C)c(C(N)=S)c1. The van der Waals surface area contributed by atoms with Crippen LogP contribution in [0, 0.1) is 6.92 Å². The molecule has 4 heteroatoms. The highest BCUT2D eigenvalue weighted by Crippen LogP contribution is 2.34. The van der Waals surface area contributed by atoms with Crippen LogP contribution in [0.4, 0.5) is 0 Å². The molecule has 0 saturated carbocycles. The molecule has 0 aliphatic carbocycles. The van der Waals surface area contributed by atoms with Crippen LogP contribution < -0.4 is 10.5 Å². The zero-order valence-electron chi connectivity index (χ0n) is 12.3. The van der Waals surface area contributed by atoms with Gasteiger partial charge in [-0.05, 0) is 48.7 Å². The number of aryl methyl sites for hydroxylation is 1. The Balaban J connectivity index is 2.46. The van der Waals surface area contributed by atoms with E-state index in [4.69, 9.17) is 22.7 Å². The molecule has 0 spiro atoms. The van der Waals surface area contributed by atoms with Gasteiger partial charge in [-0.1, -0.05) is 53.6 Å². The summed E-state index contributed by atoms with van der Waals surface area (Å²) in [5, 5.41) is 0. The normalized spacial score (nSPS) is 10.7. The van der Waals surface area contributed by atoms with Crippen molar-refractivity contribution in [3.05, 3.63) is 57.6 Å². The number of thiocarbonyl (C=S) groups is 1. The van der Waals surface area contributed by atoms with Crippen LogP contribution in [0.1, 0.15) is 36.5 Å². The molecule has 2 aromatic rings. The maximum absolute atomic E-state index is 6.08. The maximum atomic E-state index is 6.08. The number of nitrogens with two attached hydrogens (primary N) is 1. The first kappa shape index (κ1) is 16.0. The summed E-state index contributed by atoms with van der Waals surface area (Å²) in [6.07, 6.45) is 0. The predicted octanol–water partition coefficient (Wildman–Crippen LogP) is 5.31. The summed E-state index contributed by atoms with van der Waals surface area (Å²) in [5.41, 5.74) is 8.81. The molecule has 2 rings (SSSR count). The van der Waals surface area contributed by atoms with Crippen molar-refractivity contribution in [1.82, 2.24) is 0 Å². The molecular weight excluding hydrogens is 346 g/mol. The van der Waals surface area contributed by atoms with Crippen LogP contribution >= 0.6 is 28.1 Å². The Bertz CT molecular complexity index is 682. The van der Waals surface area contributed by atoms with E-state index in [1.165, 1.54) is 0 Å². The Morgan fingerprint density at radius 3 is 2.43 bits per heavy atom. The molecule has 2 N–H and O–H groups in total. The van der Waals surface area contributed by atoms with E-state index in [0.717, 1.165) is 26.9 Å². The summed E-state index contributed by atoms with van der Waals surface area (Å²) in [6.45, 7) is 6.28. The molecule has 110 valence electrons. The molecule has 21 heavy (non-hydrogen) atoms. The van der Waals surface area contributed by atoms with Gasteiger partial charge in [-0.25, -0.2) is 0 Å². The third-order valence-corrected chi connectivity index (χ3v) is 3.93. The molecule has 2 aromatic carbocycles. The second-order valence-electron chi connectivity index (χ2n) is 5.30. The third-order valence-electron chi connectivity index (χ3n) is 3.21. The zero-order chi connectivity index (χ0) is 15.6. The Kier molecular flexibility index (Phi) is 5.01. The van der Waals surface area contributed by atoms with Crippen molar-refractivity contribution in [3.63, 3.8) is 0 Å². The standard InChI is InChI=1S/C17H18BrNOS/c1-10(2)13-9-12(18)5-7-15(13)20-16-6-4-11(3)8-14(16)17(19)21/h4-10H,1-3H3,(H2,19,21). The van der Waals surface area contributed by atoms with Crippen LogP contribution in [-0.4, -0.2) is 4.99 Å². The highest BCUT2D eigenvalue weighted by atomic mass is 79.9. The Hall–Kier alpha value is -1.39. The second-order valence-corrected chi connectivity index (χ2v) is 6.66. The summed E-state index contributed by atoms with van der Waals surface area (Å²) in [4.78, 5) is 0.344. The largest absolute Gasteiger partial charge is 0.456 e. The van der Waals surface area contributed by atoms with Gasteiger partial charge in [0.05, 0.1) is 5.56 Å². The van der Waals surface area contributed by atoms with E-state index in [1.807, 2.05) is 37.3 Å². The fourth-order valence-corrected chi connectivity index (χ4v) is 2.65. The first-order valence-corrected chi connectivity index (χ1v) is 7.96. The lowest BCUT2D eigenvalue weighted by Gasteiger charge is -2.16. The van der Waals surface area contributed by atoms with Crippen LogP contribution in [0.15, 0.2) is 40.9 Å². The predicted molar refractivity (Wildman–Crippen MR) is 95.4 cm³/mol. The van der Waals surface area contributed by atoms with Crippen LogP contribution in [0.2, 0.25) is 0 Å². The number of ether oxygens (including phenoxy) is 1. The van der Waals surface area contributed by atoms with E-state index < -0.39 is 0 Å². The number of hydrogen-bond donors (Lipinski definition) is 1. The summed E-state index contributed by atoms with van der Waals surface area (Å²) in [5.74, 6) is 1.88. The van der Waals surface area contributed by atoms with Crippen molar-refractivity contribution < 1.29 is 4.74 Å². The van der Waals surface area contributed by atoms with E-state index in [2.05, 4.69) is 35.8 Å². The molecule has 0 unspecified atom stereocenters. The number of benzene rings is 2. The van der Waals surface area contributed by atoms with Gasteiger partial charge in [0.2, 0.25) is 0 Å². The summed E-state index contributed by atoms with van der Waals surface area (Å²) in [7, 11) is 0. The van der Waals surface area contributed by atoms with Crippen molar-refractivity contribution in [2.75, 3.05) is 0 Å². The lowest BCUT2D eigenvalue weighted by atomic mass is 10.0. The smallest absolute Gasteiger partial charge is 0.137 e. The first-order valence-electron chi connectivity index (χ1n) is 6.76. The lowest BCUT2D eigenvalue weighted by Crippen LogP contribution is -2.11. The van der Waals surface area contributed by atoms with Crippen molar-refractivity contribution in [1.29, 1.82) is 0 Å². The molecule has 0 atom stereocenters. The van der Waals surface area contributed by atoms with Crippen LogP contribution in [0.5, 0.6) is 11.5 Å². The van der Waals surface area contributed by atoms with Gasteiger partial charge in [0.1, 0.15) is 16.5 Å². The first-order chi connectivity index (χ1) is 9.88. The fraction of sp³-hybridized carbons (Fsp3) is 0.235. The molecule has 0 amide bonds. The molecule has 0 aromatic heterocycles. The quantitative estimate of drug-likeness (QED) is 0.747. The van der Waals surface area contributed by atoms with E-state index in [1.54, 1.807) is 0 Å². The van der Waals surface area contributed by atoms with Gasteiger partial charge in [0.15, 0.2) is 0 Å². The van der Waals surface area contributed by atoms with E-state index in [9.17, 15) is 0 Å². The Labute approximate surface area is 139 Å². The number of hydrogen-bond acceptors (Lipinski definition) is 2. The number of rotatable bonds is 4. The molecule has 0 fully saturated rings. The topological polar surface area (TPSA) is 35.2 Å². The molecule has 0 saturated heterocycles. The zero-order valence-corrected chi connectivity index (χ0v) is 14.7. The van der Waals surface area contributed by atoms with Gasteiger partial charge in [-0.3, -0.25) is 0 Å². The summed E-state index contributed by atoms with van der Waals surface area (Å²) >= 11 is 8.62. The average Bonchev–Trinajstić information content (AvgIpc) is 2.42. The van der Waals surface area contributed by atoms with Crippen LogP contribution in [0.3, 0.4) is 0 Å².